The first-order valence-electron chi connectivity index (χ1n) is 7.78. The Hall–Kier alpha value is -3.33. The molecule has 0 atom stereocenters. The van der Waals surface area contributed by atoms with Gasteiger partial charge in [-0.15, -0.1) is 0 Å². The number of amides is 1. The highest BCUT2D eigenvalue weighted by molar-refractivity contribution is 5.92. The molecule has 0 saturated carbocycles. The van der Waals surface area contributed by atoms with Crippen molar-refractivity contribution < 1.29 is 19.1 Å². The zero-order chi connectivity index (χ0) is 18.1. The van der Waals surface area contributed by atoms with Crippen LogP contribution >= 0.6 is 0 Å². The Morgan fingerprint density at radius 3 is 2.32 bits per heavy atom. The smallest absolute Gasteiger partial charge is 0.344 e. The van der Waals surface area contributed by atoms with Crippen molar-refractivity contribution in [3.05, 3.63) is 59.7 Å². The van der Waals surface area contributed by atoms with Crippen molar-refractivity contribution in [2.45, 2.75) is 13.3 Å². The van der Waals surface area contributed by atoms with Crippen LogP contribution in [-0.2, 0) is 20.7 Å². The molecule has 0 unspecified atom stereocenters. The Morgan fingerprint density at radius 2 is 1.72 bits per heavy atom. The molecule has 0 bridgehead atoms. The first kappa shape index (κ1) is 18.0. The molecule has 2 aromatic rings. The van der Waals surface area contributed by atoms with Crippen molar-refractivity contribution >= 4 is 17.6 Å². The van der Waals surface area contributed by atoms with Crippen LogP contribution in [-0.4, -0.2) is 25.1 Å². The Bertz CT molecular complexity index is 762. The Labute approximate surface area is 146 Å². The lowest BCUT2D eigenvalue weighted by atomic mass is 10.1. The molecule has 1 amide bonds. The largest absolute Gasteiger partial charge is 0.482 e. The number of aryl methyl sites for hydroxylation is 1. The summed E-state index contributed by atoms with van der Waals surface area (Å²) < 4.78 is 10.1. The number of carbonyl (C=O) groups excluding carboxylic acids is 2. The van der Waals surface area contributed by atoms with Gasteiger partial charge in [0.15, 0.2) is 13.2 Å². The maximum atomic E-state index is 11.8. The van der Waals surface area contributed by atoms with E-state index in [0.29, 0.717) is 17.0 Å². The second-order valence-electron chi connectivity index (χ2n) is 5.18. The fourth-order valence-electron chi connectivity index (χ4n) is 1.98. The van der Waals surface area contributed by atoms with Crippen LogP contribution in [0.15, 0.2) is 48.5 Å². The fraction of sp³-hybridized carbons (Fsp3) is 0.211. The molecular formula is C19H18N2O4. The molecule has 6 heteroatoms. The summed E-state index contributed by atoms with van der Waals surface area (Å²) in [4.78, 5) is 23.4. The summed E-state index contributed by atoms with van der Waals surface area (Å²) >= 11 is 0. The normalized spacial score (nSPS) is 9.76. The molecular weight excluding hydrogens is 320 g/mol. The van der Waals surface area contributed by atoms with Gasteiger partial charge in [-0.1, -0.05) is 19.1 Å². The molecule has 1 N–H and O–H groups in total. The SMILES string of the molecule is CCc1ccc(NC(=O)COC(=O)COc2ccc(C#N)cc2)cc1. The standard InChI is InChI=1S/C19H18N2O4/c1-2-14-3-7-16(8-4-14)21-18(22)12-25-19(23)13-24-17-9-5-15(11-20)6-10-17/h3-10H,2,12-13H2,1H3,(H,21,22). The van der Waals surface area contributed by atoms with Crippen LogP contribution in [0.2, 0.25) is 0 Å². The third-order valence-electron chi connectivity index (χ3n) is 3.35. The lowest BCUT2D eigenvalue weighted by Crippen LogP contribution is -2.23. The van der Waals surface area contributed by atoms with Gasteiger partial charge >= 0.3 is 5.97 Å². The summed E-state index contributed by atoms with van der Waals surface area (Å²) in [7, 11) is 0. The fourth-order valence-corrected chi connectivity index (χ4v) is 1.98. The van der Waals surface area contributed by atoms with Gasteiger partial charge in [0.25, 0.3) is 5.91 Å². The van der Waals surface area contributed by atoms with Crippen LogP contribution in [0.1, 0.15) is 18.1 Å². The van der Waals surface area contributed by atoms with Gasteiger partial charge < -0.3 is 14.8 Å². The number of esters is 1. The van der Waals surface area contributed by atoms with Gasteiger partial charge in [-0.2, -0.15) is 5.26 Å². The van der Waals surface area contributed by atoms with Gasteiger partial charge in [-0.3, -0.25) is 4.79 Å². The lowest BCUT2D eigenvalue weighted by Gasteiger charge is -2.08. The number of hydrogen-bond acceptors (Lipinski definition) is 5. The maximum Gasteiger partial charge on any atom is 0.344 e. The van der Waals surface area contributed by atoms with Gasteiger partial charge in [-0.25, -0.2) is 4.79 Å². The van der Waals surface area contributed by atoms with E-state index in [2.05, 4.69) is 5.32 Å². The molecule has 0 aliphatic carbocycles. The summed E-state index contributed by atoms with van der Waals surface area (Å²) in [5, 5.41) is 11.3. The van der Waals surface area contributed by atoms with Gasteiger partial charge in [-0.05, 0) is 48.4 Å². The summed E-state index contributed by atoms with van der Waals surface area (Å²) in [6.07, 6.45) is 0.922. The van der Waals surface area contributed by atoms with Gasteiger partial charge in [0.05, 0.1) is 11.6 Å². The third-order valence-corrected chi connectivity index (χ3v) is 3.35. The van der Waals surface area contributed by atoms with E-state index in [1.165, 1.54) is 5.56 Å². The monoisotopic (exact) mass is 338 g/mol. The van der Waals surface area contributed by atoms with E-state index in [4.69, 9.17) is 14.7 Å². The second-order valence-corrected chi connectivity index (χ2v) is 5.18. The molecule has 0 aliphatic heterocycles. The van der Waals surface area contributed by atoms with Gasteiger partial charge in [0.2, 0.25) is 0 Å². The van der Waals surface area contributed by atoms with Crippen LogP contribution in [0.3, 0.4) is 0 Å². The number of nitrogens with zero attached hydrogens (tertiary/aromatic N) is 1. The molecule has 0 radical (unpaired) electrons. The van der Waals surface area contributed by atoms with Crippen molar-refractivity contribution in [1.82, 2.24) is 0 Å². The second kappa shape index (κ2) is 9.08. The summed E-state index contributed by atoms with van der Waals surface area (Å²) in [6.45, 7) is 1.35. The number of anilines is 1. The number of ether oxygens (including phenoxy) is 2. The van der Waals surface area contributed by atoms with E-state index in [0.717, 1.165) is 6.42 Å². The van der Waals surface area contributed by atoms with E-state index in [9.17, 15) is 9.59 Å². The molecule has 0 spiro atoms. The van der Waals surface area contributed by atoms with Crippen molar-refractivity contribution in [2.24, 2.45) is 0 Å². The minimum absolute atomic E-state index is 0.315. The predicted octanol–water partition coefficient (Wildman–Crippen LogP) is 2.68. The number of rotatable bonds is 7. The lowest BCUT2D eigenvalue weighted by molar-refractivity contribution is -0.149. The minimum atomic E-state index is -0.652. The highest BCUT2D eigenvalue weighted by Gasteiger charge is 2.09. The average Bonchev–Trinajstić information content (AvgIpc) is 2.65. The Kier molecular flexibility index (Phi) is 6.55. The van der Waals surface area contributed by atoms with Crippen LogP contribution in [0.4, 0.5) is 5.69 Å². The van der Waals surface area contributed by atoms with Gasteiger partial charge in [0.1, 0.15) is 5.75 Å². The first-order valence-corrected chi connectivity index (χ1v) is 7.78. The summed E-state index contributed by atoms with van der Waals surface area (Å²) in [6, 6.07) is 15.8. The van der Waals surface area contributed by atoms with Crippen molar-refractivity contribution in [2.75, 3.05) is 18.5 Å². The summed E-state index contributed by atoms with van der Waals surface area (Å²) in [5.41, 5.74) is 2.31. The molecule has 0 aromatic heterocycles. The van der Waals surface area contributed by atoms with Crippen molar-refractivity contribution in [3.8, 4) is 11.8 Å². The molecule has 0 saturated heterocycles. The average molecular weight is 338 g/mol. The molecule has 2 aromatic carbocycles. The predicted molar refractivity (Wildman–Crippen MR) is 92.1 cm³/mol. The van der Waals surface area contributed by atoms with Crippen LogP contribution in [0, 0.1) is 11.3 Å². The number of nitrogens with one attached hydrogen (secondary N) is 1. The number of hydrogen-bond donors (Lipinski definition) is 1. The van der Waals surface area contributed by atoms with Crippen LogP contribution in [0.25, 0.3) is 0 Å². The van der Waals surface area contributed by atoms with Crippen LogP contribution < -0.4 is 10.1 Å². The highest BCUT2D eigenvalue weighted by Crippen LogP contribution is 2.12. The van der Waals surface area contributed by atoms with E-state index < -0.39 is 11.9 Å². The molecule has 6 nitrogen and oxygen atoms in total. The summed E-state index contributed by atoms with van der Waals surface area (Å²) in [5.74, 6) is -0.631. The van der Waals surface area contributed by atoms with Crippen molar-refractivity contribution in [1.29, 1.82) is 5.26 Å². The van der Waals surface area contributed by atoms with E-state index in [1.54, 1.807) is 36.4 Å². The minimum Gasteiger partial charge on any atom is -0.482 e. The molecule has 25 heavy (non-hydrogen) atoms. The zero-order valence-electron chi connectivity index (χ0n) is 13.8. The number of carbonyl (C=O) groups is 2. The Morgan fingerprint density at radius 1 is 1.04 bits per heavy atom. The quantitative estimate of drug-likeness (QED) is 0.784. The molecule has 0 aliphatic rings. The number of benzene rings is 2. The molecule has 128 valence electrons. The number of nitriles is 1. The highest BCUT2D eigenvalue weighted by atomic mass is 16.6. The molecule has 2 rings (SSSR count). The molecule has 0 heterocycles. The Balaban J connectivity index is 1.71. The third kappa shape index (κ3) is 5.99. The maximum absolute atomic E-state index is 11.8. The van der Waals surface area contributed by atoms with Crippen LogP contribution in [0.5, 0.6) is 5.75 Å². The van der Waals surface area contributed by atoms with Crippen molar-refractivity contribution in [3.63, 3.8) is 0 Å². The van der Waals surface area contributed by atoms with E-state index >= 15 is 0 Å². The zero-order valence-corrected chi connectivity index (χ0v) is 13.8. The van der Waals surface area contributed by atoms with Gasteiger partial charge in [0, 0.05) is 5.69 Å². The molecule has 0 fully saturated rings. The topological polar surface area (TPSA) is 88.4 Å². The van der Waals surface area contributed by atoms with E-state index in [1.807, 2.05) is 25.1 Å². The van der Waals surface area contributed by atoms with E-state index in [-0.39, 0.29) is 13.2 Å². The first-order chi connectivity index (χ1) is 12.1.